The van der Waals surface area contributed by atoms with Crippen LogP contribution in [0.15, 0.2) is 42.5 Å². The lowest BCUT2D eigenvalue weighted by atomic mass is 10.0. The van der Waals surface area contributed by atoms with Crippen LogP contribution in [-0.4, -0.2) is 69.9 Å². The molecule has 0 aliphatic carbocycles. The van der Waals surface area contributed by atoms with Crippen molar-refractivity contribution < 1.29 is 22.7 Å². The van der Waals surface area contributed by atoms with Crippen molar-refractivity contribution in [2.24, 2.45) is 0 Å². The van der Waals surface area contributed by atoms with E-state index in [1.165, 1.54) is 4.31 Å². The highest BCUT2D eigenvalue weighted by Crippen LogP contribution is 2.33. The van der Waals surface area contributed by atoms with E-state index >= 15 is 0 Å². The number of hydrogen-bond donors (Lipinski definition) is 0. The third-order valence-corrected chi connectivity index (χ3v) is 7.24. The van der Waals surface area contributed by atoms with Crippen LogP contribution in [0.1, 0.15) is 30.9 Å². The van der Waals surface area contributed by atoms with Crippen LogP contribution in [0.2, 0.25) is 0 Å². The highest BCUT2D eigenvalue weighted by Gasteiger charge is 2.27. The van der Waals surface area contributed by atoms with Gasteiger partial charge in [0.05, 0.1) is 11.9 Å². The third kappa shape index (κ3) is 5.59. The molecule has 0 unspecified atom stereocenters. The minimum atomic E-state index is -3.59. The van der Waals surface area contributed by atoms with Crippen molar-refractivity contribution in [3.8, 4) is 11.5 Å². The molecule has 2 heterocycles. The van der Waals surface area contributed by atoms with Gasteiger partial charge in [-0.15, -0.1) is 0 Å². The molecule has 0 bridgehead atoms. The molecule has 0 atom stereocenters. The number of amides is 1. The number of piperazine rings is 1. The first-order chi connectivity index (χ1) is 15.7. The van der Waals surface area contributed by atoms with Crippen LogP contribution >= 0.6 is 0 Å². The molecule has 1 amide bonds. The van der Waals surface area contributed by atoms with E-state index in [0.717, 1.165) is 48.5 Å². The molecular weight excluding hydrogens is 442 g/mol. The van der Waals surface area contributed by atoms with E-state index in [-0.39, 0.29) is 19.2 Å². The topological polar surface area (TPSA) is 79.4 Å². The van der Waals surface area contributed by atoms with E-state index in [1.54, 1.807) is 17.0 Å². The van der Waals surface area contributed by atoms with Gasteiger partial charge in [0, 0.05) is 32.7 Å². The maximum Gasteiger partial charge on any atom is 0.243 e. The Balaban J connectivity index is 1.35. The predicted molar refractivity (Wildman–Crippen MR) is 127 cm³/mol. The van der Waals surface area contributed by atoms with E-state index in [9.17, 15) is 13.2 Å². The second-order valence-corrected chi connectivity index (χ2v) is 10.8. The van der Waals surface area contributed by atoms with Crippen LogP contribution in [-0.2, 0) is 21.4 Å². The van der Waals surface area contributed by atoms with E-state index < -0.39 is 10.0 Å². The Morgan fingerprint density at radius 1 is 1.00 bits per heavy atom. The van der Waals surface area contributed by atoms with E-state index in [2.05, 4.69) is 18.7 Å². The number of ether oxygens (including phenoxy) is 2. The first-order valence-electron chi connectivity index (χ1n) is 11.2. The summed E-state index contributed by atoms with van der Waals surface area (Å²) in [6, 6.07) is 13.3. The smallest absolute Gasteiger partial charge is 0.243 e. The van der Waals surface area contributed by atoms with Crippen molar-refractivity contribution in [2.75, 3.05) is 50.1 Å². The Labute approximate surface area is 195 Å². The lowest BCUT2D eigenvalue weighted by Crippen LogP contribution is -2.51. The van der Waals surface area contributed by atoms with E-state index in [1.807, 2.05) is 30.3 Å². The van der Waals surface area contributed by atoms with Gasteiger partial charge < -0.3 is 14.4 Å². The van der Waals surface area contributed by atoms with Crippen molar-refractivity contribution >= 4 is 21.6 Å². The molecule has 2 aliphatic rings. The second kappa shape index (κ2) is 9.61. The molecule has 8 nitrogen and oxygen atoms in total. The minimum Gasteiger partial charge on any atom is -0.454 e. The zero-order chi connectivity index (χ0) is 23.6. The molecule has 2 aromatic rings. The van der Waals surface area contributed by atoms with Gasteiger partial charge in [0.15, 0.2) is 11.5 Å². The number of anilines is 1. The summed E-state index contributed by atoms with van der Waals surface area (Å²) in [5.41, 5.74) is 2.76. The highest BCUT2D eigenvalue weighted by atomic mass is 32.2. The number of nitrogens with zero attached hydrogens (tertiary/aromatic N) is 3. The standard InChI is InChI=1S/C24H31N3O5S/c1-18(2)20-5-7-21(8-6-20)27(33(3,29)30)16-24(28)26-12-10-25(11-13-26)15-19-4-9-22-23(14-19)32-17-31-22/h4-9,14,18H,10-13,15-17H2,1-3H3. The summed E-state index contributed by atoms with van der Waals surface area (Å²) in [7, 11) is -3.59. The van der Waals surface area contributed by atoms with Gasteiger partial charge in [0.2, 0.25) is 22.7 Å². The lowest BCUT2D eigenvalue weighted by Gasteiger charge is -2.36. The Hall–Kier alpha value is -2.78. The minimum absolute atomic E-state index is 0.184. The number of carbonyl (C=O) groups is 1. The average molecular weight is 474 g/mol. The molecule has 1 fully saturated rings. The number of hydrogen-bond acceptors (Lipinski definition) is 6. The zero-order valence-corrected chi connectivity index (χ0v) is 20.2. The van der Waals surface area contributed by atoms with Crippen molar-refractivity contribution in [1.29, 1.82) is 0 Å². The molecule has 1 saturated heterocycles. The van der Waals surface area contributed by atoms with Gasteiger partial charge in [-0.1, -0.05) is 32.0 Å². The van der Waals surface area contributed by atoms with Gasteiger partial charge in [-0.2, -0.15) is 0 Å². The normalized spacial score (nSPS) is 16.3. The van der Waals surface area contributed by atoms with Crippen LogP contribution in [0.4, 0.5) is 5.69 Å². The quantitative estimate of drug-likeness (QED) is 0.615. The van der Waals surface area contributed by atoms with Crippen LogP contribution < -0.4 is 13.8 Å². The first kappa shape index (κ1) is 23.4. The maximum atomic E-state index is 13.0. The Morgan fingerprint density at radius 3 is 2.30 bits per heavy atom. The van der Waals surface area contributed by atoms with Gasteiger partial charge >= 0.3 is 0 Å². The fourth-order valence-electron chi connectivity index (χ4n) is 4.10. The van der Waals surface area contributed by atoms with Crippen LogP contribution in [0, 0.1) is 0 Å². The van der Waals surface area contributed by atoms with Crippen LogP contribution in [0.5, 0.6) is 11.5 Å². The zero-order valence-electron chi connectivity index (χ0n) is 19.4. The van der Waals surface area contributed by atoms with Gasteiger partial charge in [0.25, 0.3) is 0 Å². The molecular formula is C24H31N3O5S. The number of rotatable bonds is 7. The number of fused-ring (bicyclic) bond motifs is 1. The Kier molecular flexibility index (Phi) is 6.81. The molecule has 2 aliphatic heterocycles. The van der Waals surface area contributed by atoms with Crippen LogP contribution in [0.25, 0.3) is 0 Å². The summed E-state index contributed by atoms with van der Waals surface area (Å²) >= 11 is 0. The molecule has 0 radical (unpaired) electrons. The summed E-state index contributed by atoms with van der Waals surface area (Å²) in [5, 5.41) is 0. The van der Waals surface area contributed by atoms with Crippen molar-refractivity contribution in [3.05, 3.63) is 53.6 Å². The van der Waals surface area contributed by atoms with E-state index in [0.29, 0.717) is 24.7 Å². The molecule has 0 aromatic heterocycles. The van der Waals surface area contributed by atoms with Gasteiger partial charge in [-0.3, -0.25) is 14.0 Å². The molecule has 9 heteroatoms. The van der Waals surface area contributed by atoms with Crippen LogP contribution in [0.3, 0.4) is 0 Å². The summed E-state index contributed by atoms with van der Waals surface area (Å²) in [6.07, 6.45) is 1.14. The van der Waals surface area contributed by atoms with E-state index in [4.69, 9.17) is 9.47 Å². The number of benzene rings is 2. The summed E-state index contributed by atoms with van der Waals surface area (Å²) in [6.45, 7) is 7.56. The predicted octanol–water partition coefficient (Wildman–Crippen LogP) is 2.65. The first-order valence-corrected chi connectivity index (χ1v) is 13.0. The molecule has 4 rings (SSSR count). The van der Waals surface area contributed by atoms with Gasteiger partial charge in [-0.05, 0) is 41.3 Å². The SMILES string of the molecule is CC(C)c1ccc(N(CC(=O)N2CCN(Cc3ccc4c(c3)OCO4)CC2)S(C)(=O)=O)cc1. The second-order valence-electron chi connectivity index (χ2n) is 8.86. The summed E-state index contributed by atoms with van der Waals surface area (Å²) in [5.74, 6) is 1.70. The monoisotopic (exact) mass is 473 g/mol. The third-order valence-electron chi connectivity index (χ3n) is 6.10. The maximum absolute atomic E-state index is 13.0. The van der Waals surface area contributed by atoms with Gasteiger partial charge in [-0.25, -0.2) is 8.42 Å². The molecule has 2 aromatic carbocycles. The number of sulfonamides is 1. The van der Waals surface area contributed by atoms with Crippen molar-refractivity contribution in [2.45, 2.75) is 26.3 Å². The molecule has 0 saturated carbocycles. The molecule has 0 spiro atoms. The fraction of sp³-hybridized carbons (Fsp3) is 0.458. The number of carbonyl (C=O) groups excluding carboxylic acids is 1. The highest BCUT2D eigenvalue weighted by molar-refractivity contribution is 7.92. The largest absolute Gasteiger partial charge is 0.454 e. The van der Waals surface area contributed by atoms with Crippen molar-refractivity contribution in [1.82, 2.24) is 9.80 Å². The molecule has 0 N–H and O–H groups in total. The van der Waals surface area contributed by atoms with Gasteiger partial charge in [0.1, 0.15) is 6.54 Å². The van der Waals surface area contributed by atoms with Crippen molar-refractivity contribution in [3.63, 3.8) is 0 Å². The lowest BCUT2D eigenvalue weighted by molar-refractivity contribution is -0.131. The fourth-order valence-corrected chi connectivity index (χ4v) is 4.95. The Bertz CT molecular complexity index is 1090. The average Bonchev–Trinajstić information content (AvgIpc) is 3.25. The Morgan fingerprint density at radius 2 is 1.67 bits per heavy atom. The molecule has 178 valence electrons. The summed E-state index contributed by atoms with van der Waals surface area (Å²) < 4.78 is 36.9. The summed E-state index contributed by atoms with van der Waals surface area (Å²) in [4.78, 5) is 17.0. The molecule has 33 heavy (non-hydrogen) atoms.